The van der Waals surface area contributed by atoms with Crippen molar-refractivity contribution in [1.82, 2.24) is 9.88 Å². The number of carbonyl (C=O) groups excluding carboxylic acids is 1. The van der Waals surface area contributed by atoms with Crippen molar-refractivity contribution >= 4 is 33.1 Å². The van der Waals surface area contributed by atoms with Gasteiger partial charge >= 0.3 is 6.03 Å². The lowest BCUT2D eigenvalue weighted by Crippen LogP contribution is -2.49. The summed E-state index contributed by atoms with van der Waals surface area (Å²) in [5.74, 6) is 1.30. The van der Waals surface area contributed by atoms with E-state index >= 15 is 0 Å². The largest absolute Gasteiger partial charge is 0.497 e. The van der Waals surface area contributed by atoms with E-state index in [1.807, 2.05) is 30.3 Å². The van der Waals surface area contributed by atoms with Crippen molar-refractivity contribution in [3.8, 4) is 17.4 Å². The molecule has 12 heteroatoms. The molecular formula is C32H34FN5O5S. The van der Waals surface area contributed by atoms with E-state index in [9.17, 15) is 17.6 Å². The van der Waals surface area contributed by atoms with Crippen LogP contribution >= 0.6 is 0 Å². The topological polar surface area (TPSA) is 113 Å². The van der Waals surface area contributed by atoms with Gasteiger partial charge in [0.15, 0.2) is 0 Å². The number of rotatable bonds is 10. The van der Waals surface area contributed by atoms with E-state index in [1.165, 1.54) is 12.1 Å². The molecule has 10 nitrogen and oxygen atoms in total. The minimum atomic E-state index is -3.35. The van der Waals surface area contributed by atoms with Gasteiger partial charge in [0.25, 0.3) is 0 Å². The molecule has 3 aromatic carbocycles. The van der Waals surface area contributed by atoms with Gasteiger partial charge in [0.2, 0.25) is 15.9 Å². The maximum atomic E-state index is 13.5. The first kappa shape index (κ1) is 30.8. The first-order chi connectivity index (χ1) is 21.1. The van der Waals surface area contributed by atoms with E-state index in [0.717, 1.165) is 43.4 Å². The summed E-state index contributed by atoms with van der Waals surface area (Å²) in [4.78, 5) is 22.0. The number of halogens is 1. The number of benzene rings is 3. The fourth-order valence-corrected chi connectivity index (χ4v) is 5.60. The highest BCUT2D eigenvalue weighted by Gasteiger charge is 2.29. The average molecular weight is 620 g/mol. The Morgan fingerprint density at radius 2 is 1.57 bits per heavy atom. The van der Waals surface area contributed by atoms with Crippen LogP contribution in [0.3, 0.4) is 0 Å². The van der Waals surface area contributed by atoms with Gasteiger partial charge < -0.3 is 14.8 Å². The summed E-state index contributed by atoms with van der Waals surface area (Å²) in [5, 5.41) is 2.91. The number of ether oxygens (including phenoxy) is 2. The molecular weight excluding hydrogens is 585 g/mol. The second kappa shape index (κ2) is 13.7. The van der Waals surface area contributed by atoms with Gasteiger partial charge in [-0.2, -0.15) is 0 Å². The van der Waals surface area contributed by atoms with Gasteiger partial charge in [-0.3, -0.25) is 14.5 Å². The number of amides is 2. The molecule has 1 aromatic heterocycles. The number of piperidine rings is 1. The van der Waals surface area contributed by atoms with Crippen LogP contribution in [0.5, 0.6) is 17.4 Å². The molecule has 0 bridgehead atoms. The molecule has 1 aliphatic heterocycles. The van der Waals surface area contributed by atoms with E-state index in [4.69, 9.17) is 9.47 Å². The van der Waals surface area contributed by atoms with Gasteiger partial charge in [-0.1, -0.05) is 6.07 Å². The zero-order valence-electron chi connectivity index (χ0n) is 24.4. The first-order valence-electron chi connectivity index (χ1n) is 14.1. The Morgan fingerprint density at radius 1 is 0.932 bits per heavy atom. The highest BCUT2D eigenvalue weighted by molar-refractivity contribution is 7.92. The molecule has 0 atom stereocenters. The molecule has 2 heterocycles. The van der Waals surface area contributed by atoms with Crippen LogP contribution in [0.4, 0.5) is 26.2 Å². The van der Waals surface area contributed by atoms with Crippen molar-refractivity contribution < 1.29 is 27.1 Å². The quantitative estimate of drug-likeness (QED) is 0.221. The molecule has 2 amide bonds. The van der Waals surface area contributed by atoms with Gasteiger partial charge in [-0.25, -0.2) is 22.6 Å². The number of nitrogens with zero attached hydrogens (tertiary/aromatic N) is 3. The third kappa shape index (κ3) is 8.45. The van der Waals surface area contributed by atoms with Crippen LogP contribution in [0.15, 0.2) is 91.1 Å². The first-order valence-corrected chi connectivity index (χ1v) is 16.0. The number of hydrogen-bond acceptors (Lipinski definition) is 7. The summed E-state index contributed by atoms with van der Waals surface area (Å²) in [5.41, 5.74) is 2.76. The minimum absolute atomic E-state index is 0.0342. The number of nitrogens with one attached hydrogen (secondary N) is 2. The number of pyridine rings is 1. The third-order valence-corrected chi connectivity index (χ3v) is 7.78. The van der Waals surface area contributed by atoms with Crippen LogP contribution in [0.1, 0.15) is 18.4 Å². The molecule has 0 unspecified atom stereocenters. The molecule has 44 heavy (non-hydrogen) atoms. The molecule has 0 aliphatic carbocycles. The Hall–Kier alpha value is -4.68. The number of carbonyl (C=O) groups is 1. The standard InChI is InChI=1S/C32H34FN5O5S/c1-42-29-14-10-27(11-15-29)38(32(39)35-25-6-4-24(33)5-7-25)28-17-19-37(20-18-28)22-23-3-16-31(34-21-23)43-30-12-8-26(9-13-30)36-44(2,40)41/h3-16,21,28,36H,17-20,22H2,1-2H3,(H,35,39). The summed E-state index contributed by atoms with van der Waals surface area (Å²) >= 11 is 0. The van der Waals surface area contributed by atoms with Crippen LogP contribution in [0.2, 0.25) is 0 Å². The second-order valence-electron chi connectivity index (χ2n) is 10.5. The van der Waals surface area contributed by atoms with E-state index < -0.39 is 10.0 Å². The van der Waals surface area contributed by atoms with Crippen molar-refractivity contribution in [2.75, 3.05) is 41.4 Å². The predicted molar refractivity (Wildman–Crippen MR) is 168 cm³/mol. The fraction of sp³-hybridized carbons (Fsp3) is 0.250. The summed E-state index contributed by atoms with van der Waals surface area (Å²) in [6.07, 6.45) is 4.41. The maximum Gasteiger partial charge on any atom is 0.326 e. The van der Waals surface area contributed by atoms with E-state index in [-0.39, 0.29) is 17.9 Å². The Bertz CT molecular complexity index is 1640. The Labute approximate surface area is 256 Å². The molecule has 0 saturated carbocycles. The van der Waals surface area contributed by atoms with Crippen LogP contribution in [0.25, 0.3) is 0 Å². The van der Waals surface area contributed by atoms with Gasteiger partial charge in [0.05, 0.1) is 13.4 Å². The smallest absolute Gasteiger partial charge is 0.326 e. The zero-order chi connectivity index (χ0) is 31.1. The molecule has 1 fully saturated rings. The summed E-state index contributed by atoms with van der Waals surface area (Å²) in [6.45, 7) is 2.27. The summed E-state index contributed by atoms with van der Waals surface area (Å²) in [7, 11) is -1.75. The SMILES string of the molecule is COc1ccc(N(C(=O)Nc2ccc(F)cc2)C2CCN(Cc3ccc(Oc4ccc(NS(C)(=O)=O)cc4)nc3)CC2)cc1. The molecule has 230 valence electrons. The molecule has 0 radical (unpaired) electrons. The van der Waals surface area contributed by atoms with Gasteiger partial charge in [-0.15, -0.1) is 0 Å². The van der Waals surface area contributed by atoms with E-state index in [2.05, 4.69) is 19.9 Å². The Kier molecular flexibility index (Phi) is 9.61. The monoisotopic (exact) mass is 619 g/mol. The van der Waals surface area contributed by atoms with Crippen LogP contribution < -0.4 is 24.4 Å². The molecule has 2 N–H and O–H groups in total. The highest BCUT2D eigenvalue weighted by Crippen LogP contribution is 2.28. The lowest BCUT2D eigenvalue weighted by molar-refractivity contribution is 0.199. The van der Waals surface area contributed by atoms with Gasteiger partial charge in [0.1, 0.15) is 17.3 Å². The number of likely N-dealkylation sites (tertiary alicyclic amines) is 1. The van der Waals surface area contributed by atoms with Crippen LogP contribution in [-0.4, -0.2) is 56.8 Å². The molecule has 5 rings (SSSR count). The Morgan fingerprint density at radius 3 is 2.16 bits per heavy atom. The summed E-state index contributed by atoms with van der Waals surface area (Å²) < 4.78 is 49.7. The van der Waals surface area contributed by atoms with E-state index in [0.29, 0.717) is 35.3 Å². The van der Waals surface area contributed by atoms with Crippen molar-refractivity contribution in [2.24, 2.45) is 0 Å². The number of urea groups is 1. The predicted octanol–water partition coefficient (Wildman–Crippen LogP) is 6.10. The van der Waals surface area contributed by atoms with Crippen molar-refractivity contribution in [1.29, 1.82) is 0 Å². The lowest BCUT2D eigenvalue weighted by Gasteiger charge is -2.38. The second-order valence-corrected chi connectivity index (χ2v) is 12.3. The van der Waals surface area contributed by atoms with Crippen molar-refractivity contribution in [3.05, 3.63) is 103 Å². The maximum absolute atomic E-state index is 13.5. The van der Waals surface area contributed by atoms with Crippen molar-refractivity contribution in [2.45, 2.75) is 25.4 Å². The van der Waals surface area contributed by atoms with Crippen LogP contribution in [-0.2, 0) is 16.6 Å². The lowest BCUT2D eigenvalue weighted by atomic mass is 10.0. The zero-order valence-corrected chi connectivity index (χ0v) is 25.3. The molecule has 1 saturated heterocycles. The number of aromatic nitrogens is 1. The molecule has 4 aromatic rings. The van der Waals surface area contributed by atoms with Gasteiger partial charge in [-0.05, 0) is 91.2 Å². The van der Waals surface area contributed by atoms with Gasteiger partial charge in [0, 0.05) is 55.0 Å². The van der Waals surface area contributed by atoms with E-state index in [1.54, 1.807) is 60.7 Å². The third-order valence-electron chi connectivity index (χ3n) is 7.17. The van der Waals surface area contributed by atoms with Crippen molar-refractivity contribution in [3.63, 3.8) is 0 Å². The number of methoxy groups -OCH3 is 1. The molecule has 1 aliphatic rings. The normalized spacial score (nSPS) is 14.1. The number of hydrogen-bond donors (Lipinski definition) is 2. The number of sulfonamides is 1. The molecule has 0 spiro atoms. The minimum Gasteiger partial charge on any atom is -0.497 e. The number of anilines is 3. The summed E-state index contributed by atoms with van der Waals surface area (Å²) in [6, 6.07) is 23.1. The average Bonchev–Trinajstić information content (AvgIpc) is 3.01. The Balaban J connectivity index is 1.18. The van der Waals surface area contributed by atoms with Crippen LogP contribution in [0, 0.1) is 5.82 Å². The fourth-order valence-electron chi connectivity index (χ4n) is 5.04. The highest BCUT2D eigenvalue weighted by atomic mass is 32.2.